The molecule has 0 aromatic heterocycles. The molecule has 3 N–H and O–H groups in total. The Morgan fingerprint density at radius 2 is 2.31 bits per heavy atom. The summed E-state index contributed by atoms with van der Waals surface area (Å²) in [5.74, 6) is 5.56. The van der Waals surface area contributed by atoms with Gasteiger partial charge in [0.15, 0.2) is 0 Å². The number of fused-ring (bicyclic) bond motifs is 1. The van der Waals surface area contributed by atoms with Crippen LogP contribution in [0.25, 0.3) is 0 Å². The minimum absolute atomic E-state index is 0.555. The molecule has 0 saturated carbocycles. The van der Waals surface area contributed by atoms with Crippen LogP contribution < -0.4 is 11.2 Å². The van der Waals surface area contributed by atoms with E-state index in [9.17, 15) is 0 Å². The Kier molecular flexibility index (Phi) is 2.47. The standard InChI is InChI=1S/C10H14N2O/c11-13-6-5-8-7-12-10-4-2-1-3-9(8)10/h1-4,8,12H,5-7,11H2. The van der Waals surface area contributed by atoms with E-state index in [4.69, 9.17) is 5.90 Å². The topological polar surface area (TPSA) is 47.3 Å². The van der Waals surface area contributed by atoms with E-state index in [0.717, 1.165) is 13.0 Å². The van der Waals surface area contributed by atoms with E-state index in [1.807, 2.05) is 6.07 Å². The van der Waals surface area contributed by atoms with E-state index in [0.29, 0.717) is 12.5 Å². The lowest BCUT2D eigenvalue weighted by Gasteiger charge is -2.07. The predicted octanol–water partition coefficient (Wildman–Crippen LogP) is 1.48. The zero-order chi connectivity index (χ0) is 9.10. The Bertz CT molecular complexity index is 288. The smallest absolute Gasteiger partial charge is 0.0685 e. The fourth-order valence-electron chi connectivity index (χ4n) is 1.82. The highest BCUT2D eigenvalue weighted by Crippen LogP contribution is 2.32. The Balaban J connectivity index is 2.09. The quantitative estimate of drug-likeness (QED) is 0.689. The number of rotatable bonds is 3. The summed E-state index contributed by atoms with van der Waals surface area (Å²) in [6.07, 6.45) is 0.987. The lowest BCUT2D eigenvalue weighted by molar-refractivity contribution is 0.131. The van der Waals surface area contributed by atoms with Crippen LogP contribution in [-0.2, 0) is 4.84 Å². The van der Waals surface area contributed by atoms with Gasteiger partial charge in [-0.05, 0) is 18.1 Å². The minimum atomic E-state index is 0.555. The third-order valence-corrected chi connectivity index (χ3v) is 2.52. The summed E-state index contributed by atoms with van der Waals surface area (Å²) in [5, 5.41) is 3.36. The molecule has 1 aliphatic rings. The summed E-state index contributed by atoms with van der Waals surface area (Å²) >= 11 is 0. The van der Waals surface area contributed by atoms with Gasteiger partial charge in [-0.15, -0.1) is 0 Å². The highest BCUT2D eigenvalue weighted by Gasteiger charge is 2.20. The molecule has 0 amide bonds. The largest absolute Gasteiger partial charge is 0.384 e. The highest BCUT2D eigenvalue weighted by atomic mass is 16.6. The van der Waals surface area contributed by atoms with Gasteiger partial charge in [-0.2, -0.15) is 0 Å². The molecule has 0 bridgehead atoms. The molecule has 0 fully saturated rings. The maximum absolute atomic E-state index is 5.01. The second-order valence-electron chi connectivity index (χ2n) is 3.32. The molecular formula is C10H14N2O. The van der Waals surface area contributed by atoms with Crippen molar-refractivity contribution < 1.29 is 4.84 Å². The van der Waals surface area contributed by atoms with E-state index < -0.39 is 0 Å². The number of benzene rings is 1. The molecule has 3 heteroatoms. The molecular weight excluding hydrogens is 164 g/mol. The molecule has 1 aromatic carbocycles. The number of nitrogens with one attached hydrogen (secondary N) is 1. The summed E-state index contributed by atoms with van der Waals surface area (Å²) in [4.78, 5) is 4.59. The predicted molar refractivity (Wildman–Crippen MR) is 52.4 cm³/mol. The van der Waals surface area contributed by atoms with Gasteiger partial charge in [0, 0.05) is 18.2 Å². The molecule has 1 atom stereocenters. The van der Waals surface area contributed by atoms with Crippen molar-refractivity contribution in [2.45, 2.75) is 12.3 Å². The van der Waals surface area contributed by atoms with E-state index >= 15 is 0 Å². The van der Waals surface area contributed by atoms with Gasteiger partial charge in [-0.25, -0.2) is 5.90 Å². The average Bonchev–Trinajstić information content (AvgIpc) is 2.58. The maximum atomic E-state index is 5.01. The zero-order valence-electron chi connectivity index (χ0n) is 7.49. The molecule has 70 valence electrons. The van der Waals surface area contributed by atoms with Crippen molar-refractivity contribution in [3.63, 3.8) is 0 Å². The van der Waals surface area contributed by atoms with Gasteiger partial charge in [-0.1, -0.05) is 18.2 Å². The van der Waals surface area contributed by atoms with Crippen LogP contribution in [-0.4, -0.2) is 13.2 Å². The maximum Gasteiger partial charge on any atom is 0.0685 e. The number of hydrogen-bond acceptors (Lipinski definition) is 3. The van der Waals surface area contributed by atoms with E-state index in [1.54, 1.807) is 0 Å². The normalized spacial score (nSPS) is 19.6. The second-order valence-corrected chi connectivity index (χ2v) is 3.32. The van der Waals surface area contributed by atoms with Gasteiger partial charge in [-0.3, -0.25) is 0 Å². The molecule has 1 aliphatic heterocycles. The molecule has 0 radical (unpaired) electrons. The third-order valence-electron chi connectivity index (χ3n) is 2.52. The van der Waals surface area contributed by atoms with Crippen LogP contribution in [0.3, 0.4) is 0 Å². The monoisotopic (exact) mass is 178 g/mol. The second kappa shape index (κ2) is 3.77. The fraction of sp³-hybridized carbons (Fsp3) is 0.400. The number of nitrogens with two attached hydrogens (primary N) is 1. The molecule has 1 unspecified atom stereocenters. The van der Waals surface area contributed by atoms with Crippen LogP contribution in [0.15, 0.2) is 24.3 Å². The zero-order valence-corrected chi connectivity index (χ0v) is 7.49. The van der Waals surface area contributed by atoms with Crippen LogP contribution in [0.1, 0.15) is 17.9 Å². The highest BCUT2D eigenvalue weighted by molar-refractivity contribution is 5.57. The molecule has 3 nitrogen and oxygen atoms in total. The SMILES string of the molecule is NOCCC1CNc2ccccc21. The van der Waals surface area contributed by atoms with Crippen molar-refractivity contribution in [3.8, 4) is 0 Å². The van der Waals surface area contributed by atoms with E-state index in [1.165, 1.54) is 11.3 Å². The molecule has 2 rings (SSSR count). The number of hydrogen-bond donors (Lipinski definition) is 2. The number of para-hydroxylation sites is 1. The van der Waals surface area contributed by atoms with Crippen molar-refractivity contribution in [3.05, 3.63) is 29.8 Å². The Hall–Kier alpha value is -1.06. The Morgan fingerprint density at radius 3 is 3.15 bits per heavy atom. The van der Waals surface area contributed by atoms with Crippen molar-refractivity contribution >= 4 is 5.69 Å². The first kappa shape index (κ1) is 8.53. The van der Waals surface area contributed by atoms with Gasteiger partial charge in [0.25, 0.3) is 0 Å². The first-order valence-electron chi connectivity index (χ1n) is 4.56. The van der Waals surface area contributed by atoms with Crippen molar-refractivity contribution in [2.75, 3.05) is 18.5 Å². The molecule has 1 heterocycles. The summed E-state index contributed by atoms with van der Waals surface area (Å²) < 4.78 is 0. The van der Waals surface area contributed by atoms with Gasteiger partial charge < -0.3 is 10.2 Å². The molecule has 0 saturated heterocycles. The van der Waals surface area contributed by atoms with Crippen LogP contribution in [0, 0.1) is 0 Å². The molecule has 0 spiro atoms. The average molecular weight is 178 g/mol. The summed E-state index contributed by atoms with van der Waals surface area (Å²) in [5.41, 5.74) is 2.64. The lowest BCUT2D eigenvalue weighted by atomic mass is 9.99. The van der Waals surface area contributed by atoms with Crippen LogP contribution >= 0.6 is 0 Å². The summed E-state index contributed by atoms with van der Waals surface area (Å²) in [6, 6.07) is 8.39. The summed E-state index contributed by atoms with van der Waals surface area (Å²) in [7, 11) is 0. The van der Waals surface area contributed by atoms with Crippen molar-refractivity contribution in [1.29, 1.82) is 0 Å². The molecule has 0 aliphatic carbocycles. The van der Waals surface area contributed by atoms with Crippen molar-refractivity contribution in [1.82, 2.24) is 0 Å². The molecule has 13 heavy (non-hydrogen) atoms. The van der Waals surface area contributed by atoms with Crippen molar-refractivity contribution in [2.24, 2.45) is 5.90 Å². The van der Waals surface area contributed by atoms with Crippen LogP contribution in [0.5, 0.6) is 0 Å². The van der Waals surface area contributed by atoms with Gasteiger partial charge >= 0.3 is 0 Å². The van der Waals surface area contributed by atoms with Gasteiger partial charge in [0.1, 0.15) is 0 Å². The van der Waals surface area contributed by atoms with Crippen LogP contribution in [0.2, 0.25) is 0 Å². The third kappa shape index (κ3) is 1.66. The summed E-state index contributed by atoms with van der Waals surface area (Å²) in [6.45, 7) is 1.63. The minimum Gasteiger partial charge on any atom is -0.384 e. The first-order valence-corrected chi connectivity index (χ1v) is 4.56. The molecule has 1 aromatic rings. The Morgan fingerprint density at radius 1 is 1.46 bits per heavy atom. The van der Waals surface area contributed by atoms with E-state index in [2.05, 4.69) is 28.4 Å². The van der Waals surface area contributed by atoms with Gasteiger partial charge in [0.05, 0.1) is 6.61 Å². The Labute approximate surface area is 77.8 Å². The first-order chi connectivity index (χ1) is 6.42. The fourth-order valence-corrected chi connectivity index (χ4v) is 1.82. The van der Waals surface area contributed by atoms with Gasteiger partial charge in [0.2, 0.25) is 0 Å². The number of anilines is 1. The van der Waals surface area contributed by atoms with E-state index in [-0.39, 0.29) is 0 Å². The lowest BCUT2D eigenvalue weighted by Crippen LogP contribution is -2.08. The van der Waals surface area contributed by atoms with Crippen LogP contribution in [0.4, 0.5) is 5.69 Å².